The van der Waals surface area contributed by atoms with E-state index in [2.05, 4.69) is 15.5 Å². The lowest BCUT2D eigenvalue weighted by molar-refractivity contribution is -0.123. The number of nitrogens with zero attached hydrogens (tertiary/aromatic N) is 2. The molecule has 1 aromatic carbocycles. The van der Waals surface area contributed by atoms with E-state index in [-0.39, 0.29) is 23.8 Å². The summed E-state index contributed by atoms with van der Waals surface area (Å²) < 4.78 is 0. The highest BCUT2D eigenvalue weighted by atomic mass is 16.2. The first-order chi connectivity index (χ1) is 13.0. The molecule has 2 aliphatic heterocycles. The van der Waals surface area contributed by atoms with Crippen LogP contribution in [0.5, 0.6) is 0 Å². The number of hydrogen-bond acceptors (Lipinski definition) is 4. The Morgan fingerprint density at radius 2 is 2.15 bits per heavy atom. The second-order valence-electron chi connectivity index (χ2n) is 7.09. The molecular formula is C19H27N5O3. The lowest BCUT2D eigenvalue weighted by atomic mass is 9.97. The number of nitrogens with one attached hydrogen (secondary N) is 2. The van der Waals surface area contributed by atoms with Gasteiger partial charge >= 0.3 is 6.03 Å². The van der Waals surface area contributed by atoms with Crippen molar-refractivity contribution in [1.29, 1.82) is 0 Å². The summed E-state index contributed by atoms with van der Waals surface area (Å²) in [6, 6.07) is 6.96. The fourth-order valence-corrected chi connectivity index (χ4v) is 3.63. The molecule has 1 aromatic rings. The van der Waals surface area contributed by atoms with Gasteiger partial charge in [-0.25, -0.2) is 4.79 Å². The molecule has 1 atom stereocenters. The van der Waals surface area contributed by atoms with Gasteiger partial charge in [0, 0.05) is 37.4 Å². The first-order valence-electron chi connectivity index (χ1n) is 9.50. The highest BCUT2D eigenvalue weighted by Crippen LogP contribution is 2.18. The van der Waals surface area contributed by atoms with Gasteiger partial charge in [0.25, 0.3) is 5.91 Å². The fraction of sp³-hybridized carbons (Fsp3) is 0.526. The number of likely N-dealkylation sites (tertiary alicyclic amines) is 1. The number of anilines is 1. The third-order valence-electron chi connectivity index (χ3n) is 5.12. The molecule has 27 heavy (non-hydrogen) atoms. The average Bonchev–Trinajstić information content (AvgIpc) is 3.11. The quantitative estimate of drug-likeness (QED) is 0.606. The smallest absolute Gasteiger partial charge is 0.321 e. The van der Waals surface area contributed by atoms with Crippen LogP contribution in [-0.4, -0.2) is 62.0 Å². The van der Waals surface area contributed by atoms with Gasteiger partial charge in [0.15, 0.2) is 0 Å². The molecule has 146 valence electrons. The van der Waals surface area contributed by atoms with Crippen molar-refractivity contribution in [2.75, 3.05) is 44.2 Å². The molecule has 2 fully saturated rings. The Bertz CT molecular complexity index is 708. The third-order valence-corrected chi connectivity index (χ3v) is 5.12. The molecule has 0 saturated carbocycles. The number of nitrogens with two attached hydrogens (primary N) is 1. The Balaban J connectivity index is 1.44. The highest BCUT2D eigenvalue weighted by Gasteiger charge is 2.24. The Morgan fingerprint density at radius 1 is 1.30 bits per heavy atom. The summed E-state index contributed by atoms with van der Waals surface area (Å²) in [7, 11) is 0. The van der Waals surface area contributed by atoms with Crippen molar-refractivity contribution in [1.82, 2.24) is 15.5 Å². The zero-order valence-corrected chi connectivity index (χ0v) is 15.4. The standard InChI is InChI=1S/C19H27N5O3/c20-17(25)15-5-2-9-23(13-15)10-3-7-21-18(26)14-4-1-6-16(12-14)24-11-8-22-19(24)27/h1,4,6,12,15H,2-3,5,7-11,13H2,(H2,20,25)(H,21,26)(H,22,27)/t15-/m1/s1. The van der Waals surface area contributed by atoms with Crippen molar-refractivity contribution in [3.63, 3.8) is 0 Å². The van der Waals surface area contributed by atoms with Gasteiger partial charge in [-0.2, -0.15) is 0 Å². The van der Waals surface area contributed by atoms with Crippen LogP contribution >= 0.6 is 0 Å². The zero-order valence-electron chi connectivity index (χ0n) is 15.4. The average molecular weight is 373 g/mol. The predicted octanol–water partition coefficient (Wildman–Crippen LogP) is 0.533. The van der Waals surface area contributed by atoms with Crippen molar-refractivity contribution in [3.8, 4) is 0 Å². The lowest BCUT2D eigenvalue weighted by Crippen LogP contribution is -2.42. The first-order valence-corrected chi connectivity index (χ1v) is 9.50. The second kappa shape index (κ2) is 8.85. The molecule has 4 amide bonds. The monoisotopic (exact) mass is 373 g/mol. The minimum absolute atomic E-state index is 0.0566. The predicted molar refractivity (Wildman–Crippen MR) is 102 cm³/mol. The molecule has 0 aromatic heterocycles. The minimum Gasteiger partial charge on any atom is -0.369 e. The lowest BCUT2D eigenvalue weighted by Gasteiger charge is -2.31. The summed E-state index contributed by atoms with van der Waals surface area (Å²) >= 11 is 0. The van der Waals surface area contributed by atoms with E-state index in [1.165, 1.54) is 0 Å². The van der Waals surface area contributed by atoms with Crippen LogP contribution in [0.2, 0.25) is 0 Å². The molecule has 0 spiro atoms. The van der Waals surface area contributed by atoms with Crippen LogP contribution in [0.15, 0.2) is 24.3 Å². The molecule has 3 rings (SSSR count). The number of carbonyl (C=O) groups is 3. The number of primary amides is 1. The molecule has 4 N–H and O–H groups in total. The summed E-state index contributed by atoms with van der Waals surface area (Å²) in [6.45, 7) is 4.29. The topological polar surface area (TPSA) is 108 Å². The number of carbonyl (C=O) groups excluding carboxylic acids is 3. The first kappa shape index (κ1) is 19.2. The van der Waals surface area contributed by atoms with Gasteiger partial charge in [-0.1, -0.05) is 6.07 Å². The Kier molecular flexibility index (Phi) is 6.28. The molecule has 0 aliphatic carbocycles. The molecule has 0 bridgehead atoms. The van der Waals surface area contributed by atoms with Gasteiger partial charge < -0.3 is 21.3 Å². The van der Waals surface area contributed by atoms with Gasteiger partial charge in [-0.3, -0.25) is 14.5 Å². The summed E-state index contributed by atoms with van der Waals surface area (Å²) in [5, 5.41) is 5.68. The Hall–Kier alpha value is -2.61. The van der Waals surface area contributed by atoms with Crippen molar-refractivity contribution in [3.05, 3.63) is 29.8 Å². The van der Waals surface area contributed by atoms with Crippen LogP contribution in [0.3, 0.4) is 0 Å². The highest BCUT2D eigenvalue weighted by molar-refractivity contribution is 5.98. The normalized spacial score (nSPS) is 20.4. The van der Waals surface area contributed by atoms with E-state index in [4.69, 9.17) is 5.73 Å². The van der Waals surface area contributed by atoms with E-state index < -0.39 is 0 Å². The van der Waals surface area contributed by atoms with Crippen LogP contribution < -0.4 is 21.3 Å². The number of piperidine rings is 1. The van der Waals surface area contributed by atoms with E-state index in [1.54, 1.807) is 23.1 Å². The molecule has 2 saturated heterocycles. The van der Waals surface area contributed by atoms with Crippen LogP contribution in [-0.2, 0) is 4.79 Å². The van der Waals surface area contributed by atoms with Gasteiger partial charge in [0.1, 0.15) is 0 Å². The zero-order chi connectivity index (χ0) is 19.2. The van der Waals surface area contributed by atoms with E-state index >= 15 is 0 Å². The molecule has 8 heteroatoms. The molecular weight excluding hydrogens is 346 g/mol. The number of urea groups is 1. The summed E-state index contributed by atoms with van der Waals surface area (Å²) in [4.78, 5) is 39.3. The maximum atomic E-state index is 12.4. The molecule has 0 radical (unpaired) electrons. The second-order valence-corrected chi connectivity index (χ2v) is 7.09. The van der Waals surface area contributed by atoms with Crippen molar-refractivity contribution in [2.45, 2.75) is 19.3 Å². The minimum atomic E-state index is -0.223. The van der Waals surface area contributed by atoms with Crippen molar-refractivity contribution in [2.24, 2.45) is 11.7 Å². The van der Waals surface area contributed by atoms with Gasteiger partial charge in [0.2, 0.25) is 5.91 Å². The van der Waals surface area contributed by atoms with E-state index in [0.717, 1.165) is 38.0 Å². The number of hydrogen-bond donors (Lipinski definition) is 3. The maximum Gasteiger partial charge on any atom is 0.321 e. The maximum absolute atomic E-state index is 12.4. The van der Waals surface area contributed by atoms with Gasteiger partial charge in [0.05, 0.1) is 5.92 Å². The largest absolute Gasteiger partial charge is 0.369 e. The van der Waals surface area contributed by atoms with Crippen molar-refractivity contribution >= 4 is 23.5 Å². The van der Waals surface area contributed by atoms with Crippen molar-refractivity contribution < 1.29 is 14.4 Å². The van der Waals surface area contributed by atoms with E-state index in [0.29, 0.717) is 31.7 Å². The van der Waals surface area contributed by atoms with Crippen LogP contribution in [0.4, 0.5) is 10.5 Å². The SMILES string of the molecule is NC(=O)[C@@H]1CCCN(CCCNC(=O)c2cccc(N3CCNC3=O)c2)C1. The summed E-state index contributed by atoms with van der Waals surface area (Å²) in [5.41, 5.74) is 6.67. The summed E-state index contributed by atoms with van der Waals surface area (Å²) in [5.74, 6) is -0.427. The van der Waals surface area contributed by atoms with Gasteiger partial charge in [-0.05, 0) is 50.6 Å². The molecule has 8 nitrogen and oxygen atoms in total. The summed E-state index contributed by atoms with van der Waals surface area (Å²) in [6.07, 6.45) is 2.66. The van der Waals surface area contributed by atoms with Crippen LogP contribution in [0.1, 0.15) is 29.6 Å². The Morgan fingerprint density at radius 3 is 2.89 bits per heavy atom. The fourth-order valence-electron chi connectivity index (χ4n) is 3.63. The van der Waals surface area contributed by atoms with Crippen LogP contribution in [0.25, 0.3) is 0 Å². The van der Waals surface area contributed by atoms with Crippen LogP contribution in [0, 0.1) is 5.92 Å². The number of amides is 4. The Labute approximate surface area is 159 Å². The van der Waals surface area contributed by atoms with E-state index in [9.17, 15) is 14.4 Å². The molecule has 2 aliphatic rings. The molecule has 2 heterocycles. The number of rotatable bonds is 7. The molecule has 0 unspecified atom stereocenters. The number of benzene rings is 1. The third kappa shape index (κ3) is 4.97. The van der Waals surface area contributed by atoms with E-state index in [1.807, 2.05) is 6.07 Å². The van der Waals surface area contributed by atoms with Gasteiger partial charge in [-0.15, -0.1) is 0 Å².